The van der Waals surface area contributed by atoms with Crippen molar-refractivity contribution in [2.24, 2.45) is 0 Å². The lowest BCUT2D eigenvalue weighted by atomic mass is 9.73. The number of aromatic amines is 2. The summed E-state index contributed by atoms with van der Waals surface area (Å²) in [5, 5.41) is 8.43. The first-order valence-corrected chi connectivity index (χ1v) is 9.53. The fourth-order valence-corrected chi connectivity index (χ4v) is 4.34. The van der Waals surface area contributed by atoms with Crippen LogP contribution in [-0.4, -0.2) is 22.3 Å². The number of Topliss-reactive ketones (excluding diaryl/α,β-unsaturated/α-hetero) is 1. The number of carbonyl (C=O) groups excluding carboxylic acids is 1. The Morgan fingerprint density at radius 2 is 1.81 bits per heavy atom. The molecular formula is C21H16F3N3O4. The molecule has 1 aliphatic heterocycles. The number of alkyl halides is 3. The van der Waals surface area contributed by atoms with E-state index in [-0.39, 0.29) is 23.9 Å². The van der Waals surface area contributed by atoms with Crippen LogP contribution in [0.5, 0.6) is 5.75 Å². The zero-order valence-electron chi connectivity index (χ0n) is 15.9. The van der Waals surface area contributed by atoms with Crippen LogP contribution in [-0.2, 0) is 4.79 Å². The Balaban J connectivity index is 1.57. The number of nitrogens with one attached hydrogen (secondary N) is 3. The van der Waals surface area contributed by atoms with Gasteiger partial charge in [0.15, 0.2) is 5.78 Å². The zero-order chi connectivity index (χ0) is 21.8. The maximum absolute atomic E-state index is 13.2. The van der Waals surface area contributed by atoms with Gasteiger partial charge in [0.05, 0.1) is 11.8 Å². The van der Waals surface area contributed by atoms with E-state index < -0.39 is 17.8 Å². The van der Waals surface area contributed by atoms with Gasteiger partial charge in [-0.15, -0.1) is 13.2 Å². The molecule has 0 amide bonds. The number of furan rings is 1. The number of fused-ring (bicyclic) bond motifs is 1. The van der Waals surface area contributed by atoms with Crippen molar-refractivity contribution in [2.45, 2.75) is 31.0 Å². The normalized spacial score (nSPS) is 20.8. The first-order valence-electron chi connectivity index (χ1n) is 9.53. The van der Waals surface area contributed by atoms with Crippen LogP contribution in [0.3, 0.4) is 0 Å². The molecule has 0 saturated carbocycles. The number of H-pyrrole nitrogens is 2. The van der Waals surface area contributed by atoms with Crippen molar-refractivity contribution in [1.82, 2.24) is 10.2 Å². The average molecular weight is 431 g/mol. The summed E-state index contributed by atoms with van der Waals surface area (Å²) >= 11 is 0. The van der Waals surface area contributed by atoms with Gasteiger partial charge in [-0.3, -0.25) is 19.8 Å². The fourth-order valence-electron chi connectivity index (χ4n) is 4.34. The van der Waals surface area contributed by atoms with Crippen LogP contribution in [0, 0.1) is 0 Å². The Bertz CT molecular complexity index is 1220. The fraction of sp³-hybridized carbons (Fsp3) is 0.238. The molecule has 0 saturated heterocycles. The van der Waals surface area contributed by atoms with Gasteiger partial charge >= 0.3 is 6.36 Å². The zero-order valence-corrected chi connectivity index (χ0v) is 15.9. The lowest BCUT2D eigenvalue weighted by Crippen LogP contribution is -2.31. The third-order valence-corrected chi connectivity index (χ3v) is 5.57. The number of rotatable bonds is 3. The monoisotopic (exact) mass is 431 g/mol. The van der Waals surface area contributed by atoms with Crippen LogP contribution in [0.25, 0.3) is 0 Å². The van der Waals surface area contributed by atoms with E-state index in [1.807, 2.05) is 6.07 Å². The van der Waals surface area contributed by atoms with Crippen LogP contribution in [0.4, 0.5) is 19.0 Å². The molecule has 3 heterocycles. The minimum atomic E-state index is -4.81. The number of allylic oxidation sites excluding steroid dienone is 2. The molecule has 1 aromatic carbocycles. The molecule has 0 fully saturated rings. The Morgan fingerprint density at radius 1 is 1.03 bits per heavy atom. The lowest BCUT2D eigenvalue weighted by molar-refractivity contribution is -0.274. The number of ether oxygens (including phenoxy) is 1. The van der Waals surface area contributed by atoms with Crippen LogP contribution in [0.1, 0.15) is 41.6 Å². The Hall–Kier alpha value is -3.69. The van der Waals surface area contributed by atoms with Gasteiger partial charge in [0.25, 0.3) is 5.56 Å². The molecule has 0 bridgehead atoms. The summed E-state index contributed by atoms with van der Waals surface area (Å²) < 4.78 is 46.9. The Kier molecular flexibility index (Phi) is 4.31. The van der Waals surface area contributed by atoms with Gasteiger partial charge < -0.3 is 14.5 Å². The first kappa shape index (κ1) is 19.3. The van der Waals surface area contributed by atoms with Crippen molar-refractivity contribution in [3.8, 4) is 5.75 Å². The molecule has 160 valence electrons. The second-order valence-electron chi connectivity index (χ2n) is 7.48. The van der Waals surface area contributed by atoms with Crippen LogP contribution in [0.2, 0.25) is 0 Å². The number of hydrogen-bond donors (Lipinski definition) is 3. The SMILES string of the molecule is O=C1C[C@@H](c2ccco2)CC2=C1[C@H](c1ccc(OC(F)(F)F)cc1)c1c([nH][nH]c1=O)N2. The number of carbonyl (C=O) groups is 1. The Morgan fingerprint density at radius 3 is 2.48 bits per heavy atom. The quantitative estimate of drug-likeness (QED) is 0.579. The van der Waals surface area contributed by atoms with Crippen molar-refractivity contribution in [2.75, 3.05) is 5.32 Å². The number of halogens is 3. The van der Waals surface area contributed by atoms with Crippen LogP contribution >= 0.6 is 0 Å². The third kappa shape index (κ3) is 3.43. The third-order valence-electron chi connectivity index (χ3n) is 5.57. The molecule has 7 nitrogen and oxygen atoms in total. The molecular weight excluding hydrogens is 415 g/mol. The summed E-state index contributed by atoms with van der Waals surface area (Å²) in [6.07, 6.45) is -2.56. The van der Waals surface area contributed by atoms with E-state index in [1.165, 1.54) is 24.3 Å². The maximum Gasteiger partial charge on any atom is 0.573 e. The topological polar surface area (TPSA) is 100 Å². The molecule has 3 N–H and O–H groups in total. The highest BCUT2D eigenvalue weighted by Crippen LogP contribution is 2.46. The van der Waals surface area contributed by atoms with Crippen molar-refractivity contribution < 1.29 is 27.1 Å². The molecule has 0 unspecified atom stereocenters. The molecule has 2 aliphatic rings. The van der Waals surface area contributed by atoms with Crippen LogP contribution in [0.15, 0.2) is 63.1 Å². The minimum absolute atomic E-state index is 0.149. The average Bonchev–Trinajstić information content (AvgIpc) is 3.36. The van der Waals surface area contributed by atoms with E-state index in [9.17, 15) is 22.8 Å². The van der Waals surface area contributed by atoms with E-state index >= 15 is 0 Å². The van der Waals surface area contributed by atoms with Gasteiger partial charge in [-0.05, 0) is 36.2 Å². The summed E-state index contributed by atoms with van der Waals surface area (Å²) in [4.78, 5) is 25.7. The van der Waals surface area contributed by atoms with E-state index in [4.69, 9.17) is 4.42 Å². The number of hydrogen-bond acceptors (Lipinski definition) is 5. The van der Waals surface area contributed by atoms with Crippen LogP contribution < -0.4 is 15.6 Å². The summed E-state index contributed by atoms with van der Waals surface area (Å²) in [5.41, 5.74) is 1.51. The second kappa shape index (κ2) is 6.93. The standard InChI is InChI=1S/C21H16F3N3O4/c22-21(23,24)31-12-5-3-10(4-6-12)16-17-13(25-19-18(16)20(29)27-26-19)8-11(9-14(17)28)15-2-1-7-30-15/h1-7,11,16H,8-9H2,(H3,25,26,27,29)/t11-,16-/m0/s1. The first-order chi connectivity index (χ1) is 14.8. The highest BCUT2D eigenvalue weighted by Gasteiger charge is 2.41. The smallest absolute Gasteiger partial charge is 0.469 e. The van der Waals surface area contributed by atoms with E-state index in [1.54, 1.807) is 12.3 Å². The minimum Gasteiger partial charge on any atom is -0.469 e. The molecule has 10 heteroatoms. The second-order valence-corrected chi connectivity index (χ2v) is 7.48. The van der Waals surface area contributed by atoms with Gasteiger partial charge in [-0.1, -0.05) is 12.1 Å². The van der Waals surface area contributed by atoms with Crippen molar-refractivity contribution in [3.63, 3.8) is 0 Å². The molecule has 1 aliphatic carbocycles. The molecule has 3 aromatic rings. The predicted octanol–water partition coefficient (Wildman–Crippen LogP) is 4.15. The molecule has 5 rings (SSSR count). The maximum atomic E-state index is 13.2. The van der Waals surface area contributed by atoms with Gasteiger partial charge in [0, 0.05) is 29.5 Å². The molecule has 0 radical (unpaired) electrons. The highest BCUT2D eigenvalue weighted by molar-refractivity contribution is 6.01. The number of anilines is 1. The largest absolute Gasteiger partial charge is 0.573 e. The number of benzene rings is 1. The van der Waals surface area contributed by atoms with Gasteiger partial charge in [-0.25, -0.2) is 0 Å². The van der Waals surface area contributed by atoms with E-state index in [0.717, 1.165) is 0 Å². The predicted molar refractivity (Wildman–Crippen MR) is 103 cm³/mol. The number of aromatic nitrogens is 2. The summed E-state index contributed by atoms with van der Waals surface area (Å²) in [5.74, 6) is -0.273. The van der Waals surface area contributed by atoms with Crippen molar-refractivity contribution >= 4 is 11.6 Å². The molecule has 0 spiro atoms. The van der Waals surface area contributed by atoms with Gasteiger partial charge in [0.1, 0.15) is 17.3 Å². The number of ketones is 1. The summed E-state index contributed by atoms with van der Waals surface area (Å²) in [6, 6.07) is 8.78. The van der Waals surface area contributed by atoms with Crippen molar-refractivity contribution in [3.05, 3.63) is 81.2 Å². The van der Waals surface area contributed by atoms with E-state index in [2.05, 4.69) is 20.3 Å². The molecule has 2 aromatic heterocycles. The highest BCUT2D eigenvalue weighted by atomic mass is 19.4. The summed E-state index contributed by atoms with van der Waals surface area (Å²) in [7, 11) is 0. The van der Waals surface area contributed by atoms with Gasteiger partial charge in [0.2, 0.25) is 0 Å². The molecule has 31 heavy (non-hydrogen) atoms. The lowest BCUT2D eigenvalue weighted by Gasteiger charge is -2.34. The summed E-state index contributed by atoms with van der Waals surface area (Å²) in [6.45, 7) is 0. The van der Waals surface area contributed by atoms with Gasteiger partial charge in [-0.2, -0.15) is 0 Å². The van der Waals surface area contributed by atoms with Crippen molar-refractivity contribution in [1.29, 1.82) is 0 Å². The van der Waals surface area contributed by atoms with E-state index in [0.29, 0.717) is 40.4 Å². The molecule has 2 atom stereocenters. The Labute approximate surface area is 172 Å².